The van der Waals surface area contributed by atoms with Crippen LogP contribution in [0.25, 0.3) is 0 Å². The molecule has 2 N–H and O–H groups in total. The molecule has 5 heteroatoms. The average Bonchev–Trinajstić information content (AvgIpc) is 2.75. The van der Waals surface area contributed by atoms with Crippen molar-refractivity contribution in [1.29, 1.82) is 0 Å². The Hall–Kier alpha value is -1.78. The number of carboxylic acid groups (broad SMARTS) is 1. The minimum atomic E-state index is -0.960. The summed E-state index contributed by atoms with van der Waals surface area (Å²) in [6.45, 7) is 6.04. The van der Waals surface area contributed by atoms with E-state index in [0.717, 1.165) is 12.8 Å². The molecule has 0 aromatic carbocycles. The van der Waals surface area contributed by atoms with Crippen LogP contribution in [0.3, 0.4) is 0 Å². The van der Waals surface area contributed by atoms with Gasteiger partial charge in [-0.15, -0.1) is 0 Å². The maximum Gasteiger partial charge on any atom is 0.323 e. The van der Waals surface area contributed by atoms with Crippen LogP contribution >= 0.6 is 0 Å². The number of nitrogens with zero attached hydrogens (tertiary/aromatic N) is 1. The number of aromatic nitrogens is 1. The van der Waals surface area contributed by atoms with Crippen LogP contribution in [0.15, 0.2) is 18.3 Å². The summed E-state index contributed by atoms with van der Waals surface area (Å²) in [7, 11) is 0. The third-order valence-electron chi connectivity index (χ3n) is 3.20. The van der Waals surface area contributed by atoms with Crippen LogP contribution in [0.4, 0.5) is 0 Å². The molecular formula is C14H22N2O3. The van der Waals surface area contributed by atoms with E-state index in [1.807, 2.05) is 6.92 Å². The number of carboxylic acids is 1. The van der Waals surface area contributed by atoms with Crippen molar-refractivity contribution >= 4 is 11.9 Å². The fourth-order valence-electron chi connectivity index (χ4n) is 2.03. The smallest absolute Gasteiger partial charge is 0.323 e. The highest BCUT2D eigenvalue weighted by atomic mass is 16.4. The van der Waals surface area contributed by atoms with Crippen molar-refractivity contribution < 1.29 is 14.7 Å². The first kappa shape index (κ1) is 15.3. The summed E-state index contributed by atoms with van der Waals surface area (Å²) in [6.07, 6.45) is 3.60. The Labute approximate surface area is 113 Å². The molecule has 0 bridgehead atoms. The zero-order valence-electron chi connectivity index (χ0n) is 11.7. The van der Waals surface area contributed by atoms with Gasteiger partial charge in [0.25, 0.3) is 5.91 Å². The lowest BCUT2D eigenvalue weighted by Gasteiger charge is -2.18. The molecule has 1 rings (SSSR count). The van der Waals surface area contributed by atoms with E-state index in [0.29, 0.717) is 11.6 Å². The molecule has 19 heavy (non-hydrogen) atoms. The van der Waals surface area contributed by atoms with Gasteiger partial charge in [-0.05, 0) is 31.4 Å². The first-order valence-corrected chi connectivity index (χ1v) is 6.61. The Morgan fingerprint density at radius 1 is 1.42 bits per heavy atom. The summed E-state index contributed by atoms with van der Waals surface area (Å²) in [5.74, 6) is -0.624. The summed E-state index contributed by atoms with van der Waals surface area (Å²) >= 11 is 0. The molecule has 0 radical (unpaired) electrons. The fraction of sp³-hybridized carbons (Fsp3) is 0.571. The molecule has 0 aliphatic rings. The number of aliphatic carboxylic acids is 1. The Morgan fingerprint density at radius 2 is 2.11 bits per heavy atom. The molecule has 5 nitrogen and oxygen atoms in total. The molecule has 0 saturated heterocycles. The summed E-state index contributed by atoms with van der Waals surface area (Å²) in [4.78, 5) is 22.8. The number of nitrogens with one attached hydrogen (secondary N) is 1. The lowest BCUT2D eigenvalue weighted by atomic mass is 10.0. The van der Waals surface area contributed by atoms with E-state index in [4.69, 9.17) is 5.11 Å². The number of hydrogen-bond donors (Lipinski definition) is 2. The number of carbonyl (C=O) groups is 2. The first-order chi connectivity index (χ1) is 8.93. The lowest BCUT2D eigenvalue weighted by Crippen LogP contribution is -2.35. The Bertz CT molecular complexity index is 440. The van der Waals surface area contributed by atoms with Gasteiger partial charge in [0.2, 0.25) is 0 Å². The van der Waals surface area contributed by atoms with Gasteiger partial charge in [0.05, 0.1) is 0 Å². The van der Waals surface area contributed by atoms with Gasteiger partial charge < -0.3 is 15.0 Å². The lowest BCUT2D eigenvalue weighted by molar-refractivity contribution is -0.137. The summed E-state index contributed by atoms with van der Waals surface area (Å²) in [5, 5.41) is 11.7. The van der Waals surface area contributed by atoms with E-state index in [9.17, 15) is 9.59 Å². The predicted octanol–water partition coefficient (Wildman–Crippen LogP) is 2.13. The van der Waals surface area contributed by atoms with Gasteiger partial charge in [0, 0.05) is 12.2 Å². The quantitative estimate of drug-likeness (QED) is 0.794. The molecule has 1 amide bonds. The van der Waals surface area contributed by atoms with Crippen LogP contribution < -0.4 is 5.32 Å². The van der Waals surface area contributed by atoms with E-state index in [1.165, 1.54) is 4.57 Å². The summed E-state index contributed by atoms with van der Waals surface area (Å²) < 4.78 is 1.44. The zero-order chi connectivity index (χ0) is 14.4. The van der Waals surface area contributed by atoms with Crippen LogP contribution in [0, 0.1) is 5.92 Å². The molecule has 0 fully saturated rings. The monoisotopic (exact) mass is 266 g/mol. The van der Waals surface area contributed by atoms with Crippen LogP contribution in [0.1, 0.15) is 44.1 Å². The zero-order valence-corrected chi connectivity index (χ0v) is 11.7. The molecule has 1 heterocycles. The van der Waals surface area contributed by atoms with Crippen molar-refractivity contribution in [3.05, 3.63) is 24.0 Å². The minimum absolute atomic E-state index is 0.0793. The van der Waals surface area contributed by atoms with E-state index in [-0.39, 0.29) is 18.5 Å². The van der Waals surface area contributed by atoms with Gasteiger partial charge in [0.1, 0.15) is 12.2 Å². The average molecular weight is 266 g/mol. The number of carbonyl (C=O) groups excluding carboxylic acids is 1. The van der Waals surface area contributed by atoms with Crippen molar-refractivity contribution in [2.24, 2.45) is 5.92 Å². The highest BCUT2D eigenvalue weighted by Gasteiger charge is 2.15. The molecule has 106 valence electrons. The SMILES string of the molecule is CCC(C)CC(C)NC(=O)c1cccn1CC(=O)O. The Morgan fingerprint density at radius 3 is 2.68 bits per heavy atom. The van der Waals surface area contributed by atoms with Crippen molar-refractivity contribution in [3.8, 4) is 0 Å². The second-order valence-electron chi connectivity index (χ2n) is 5.04. The Balaban J connectivity index is 2.63. The molecule has 0 spiro atoms. The second kappa shape index (κ2) is 6.97. The second-order valence-corrected chi connectivity index (χ2v) is 5.04. The van der Waals surface area contributed by atoms with Crippen molar-refractivity contribution in [2.45, 2.75) is 46.2 Å². The van der Waals surface area contributed by atoms with Crippen molar-refractivity contribution in [1.82, 2.24) is 9.88 Å². The van der Waals surface area contributed by atoms with Crippen molar-refractivity contribution in [3.63, 3.8) is 0 Å². The van der Waals surface area contributed by atoms with Crippen LogP contribution in [-0.2, 0) is 11.3 Å². The molecule has 0 aliphatic heterocycles. The molecule has 2 atom stereocenters. The molecule has 2 unspecified atom stereocenters. The maximum absolute atomic E-state index is 12.1. The fourth-order valence-corrected chi connectivity index (χ4v) is 2.03. The van der Waals surface area contributed by atoms with Gasteiger partial charge in [0.15, 0.2) is 0 Å². The number of rotatable bonds is 7. The molecule has 0 saturated carbocycles. The summed E-state index contributed by atoms with van der Waals surface area (Å²) in [6, 6.07) is 3.39. The van der Waals surface area contributed by atoms with Gasteiger partial charge in [-0.2, -0.15) is 0 Å². The van der Waals surface area contributed by atoms with Gasteiger partial charge in [-0.25, -0.2) is 0 Å². The highest BCUT2D eigenvalue weighted by molar-refractivity contribution is 5.93. The van der Waals surface area contributed by atoms with E-state index in [2.05, 4.69) is 19.2 Å². The van der Waals surface area contributed by atoms with E-state index >= 15 is 0 Å². The van der Waals surface area contributed by atoms with Crippen molar-refractivity contribution in [2.75, 3.05) is 0 Å². The van der Waals surface area contributed by atoms with E-state index < -0.39 is 5.97 Å². The largest absolute Gasteiger partial charge is 0.480 e. The van der Waals surface area contributed by atoms with E-state index in [1.54, 1.807) is 18.3 Å². The minimum Gasteiger partial charge on any atom is -0.480 e. The molecule has 1 aromatic heterocycles. The topological polar surface area (TPSA) is 71.3 Å². The Kier molecular flexibility index (Phi) is 5.60. The first-order valence-electron chi connectivity index (χ1n) is 6.61. The third kappa shape index (κ3) is 4.77. The third-order valence-corrected chi connectivity index (χ3v) is 3.20. The van der Waals surface area contributed by atoms with Gasteiger partial charge in [-0.1, -0.05) is 20.3 Å². The van der Waals surface area contributed by atoms with Crippen LogP contribution in [0.5, 0.6) is 0 Å². The standard InChI is InChI=1S/C14H22N2O3/c1-4-10(2)8-11(3)15-14(19)12-6-5-7-16(12)9-13(17)18/h5-7,10-11H,4,8-9H2,1-3H3,(H,15,19)(H,17,18). The highest BCUT2D eigenvalue weighted by Crippen LogP contribution is 2.10. The van der Waals surface area contributed by atoms with Gasteiger partial charge in [-0.3, -0.25) is 9.59 Å². The van der Waals surface area contributed by atoms with Gasteiger partial charge >= 0.3 is 5.97 Å². The number of amides is 1. The molecular weight excluding hydrogens is 244 g/mol. The molecule has 0 aliphatic carbocycles. The van der Waals surface area contributed by atoms with Crippen LogP contribution in [-0.4, -0.2) is 27.6 Å². The molecule has 1 aromatic rings. The predicted molar refractivity (Wildman–Crippen MR) is 73.1 cm³/mol. The summed E-state index contributed by atoms with van der Waals surface area (Å²) in [5.41, 5.74) is 0.387. The maximum atomic E-state index is 12.1. The normalized spacial score (nSPS) is 13.8. The van der Waals surface area contributed by atoms with Crippen LogP contribution in [0.2, 0.25) is 0 Å². The number of hydrogen-bond acceptors (Lipinski definition) is 2.